The summed E-state index contributed by atoms with van der Waals surface area (Å²) in [5.74, 6) is -0.333. The van der Waals surface area contributed by atoms with Gasteiger partial charge in [0.25, 0.3) is 5.91 Å². The lowest BCUT2D eigenvalue weighted by atomic mass is 10.0. The Hall–Kier alpha value is -4.07. The van der Waals surface area contributed by atoms with Gasteiger partial charge in [-0.3, -0.25) is 24.2 Å². The van der Waals surface area contributed by atoms with Gasteiger partial charge in [0.1, 0.15) is 0 Å². The van der Waals surface area contributed by atoms with Crippen LogP contribution in [0.25, 0.3) is 17.7 Å². The standard InChI is InChI=1S/C22H22N6O2/c1-5-20-16(6-14(2)18-10-26-28(4)12-18)7-17(9-24-20)22(30)27-21-8-19(25-13-29)11-23-15(21)3/h5-13H,1H2,2-4H3,(H,25,29)(H,27,30)/b14-6+. The molecule has 0 bridgehead atoms. The summed E-state index contributed by atoms with van der Waals surface area (Å²) in [6.07, 6.45) is 10.9. The van der Waals surface area contributed by atoms with Crippen LogP contribution in [0.15, 0.2) is 43.5 Å². The van der Waals surface area contributed by atoms with Crippen molar-refractivity contribution in [3.63, 3.8) is 0 Å². The fraction of sp³-hybridized carbons (Fsp3) is 0.136. The molecule has 0 aliphatic rings. The molecule has 0 unspecified atom stereocenters. The fourth-order valence-corrected chi connectivity index (χ4v) is 2.85. The van der Waals surface area contributed by atoms with E-state index in [1.54, 1.807) is 36.0 Å². The second-order valence-corrected chi connectivity index (χ2v) is 6.71. The molecule has 3 aromatic rings. The number of nitrogens with zero attached hydrogens (tertiary/aromatic N) is 4. The zero-order valence-corrected chi connectivity index (χ0v) is 17.0. The van der Waals surface area contributed by atoms with Crippen LogP contribution in [0.3, 0.4) is 0 Å². The Morgan fingerprint density at radius 3 is 2.63 bits per heavy atom. The number of aromatic nitrogens is 4. The van der Waals surface area contributed by atoms with Crippen molar-refractivity contribution in [3.8, 4) is 0 Å². The Morgan fingerprint density at radius 2 is 1.97 bits per heavy atom. The Balaban J connectivity index is 1.91. The number of aryl methyl sites for hydroxylation is 2. The van der Waals surface area contributed by atoms with Gasteiger partial charge in [0, 0.05) is 30.6 Å². The third-order valence-corrected chi connectivity index (χ3v) is 4.50. The Kier molecular flexibility index (Phi) is 6.17. The van der Waals surface area contributed by atoms with E-state index < -0.39 is 0 Å². The minimum atomic E-state index is -0.333. The molecule has 30 heavy (non-hydrogen) atoms. The average molecular weight is 402 g/mol. The van der Waals surface area contributed by atoms with Gasteiger partial charge in [-0.25, -0.2) is 0 Å². The van der Waals surface area contributed by atoms with Gasteiger partial charge in [-0.05, 0) is 43.7 Å². The number of hydrogen-bond acceptors (Lipinski definition) is 5. The molecule has 0 fully saturated rings. The number of pyridine rings is 2. The largest absolute Gasteiger partial charge is 0.327 e. The first-order chi connectivity index (χ1) is 14.4. The quantitative estimate of drug-likeness (QED) is 0.589. The second-order valence-electron chi connectivity index (χ2n) is 6.71. The number of allylic oxidation sites excluding steroid dienone is 1. The van der Waals surface area contributed by atoms with Crippen LogP contribution in [0.1, 0.15) is 39.8 Å². The third-order valence-electron chi connectivity index (χ3n) is 4.50. The van der Waals surface area contributed by atoms with Gasteiger partial charge in [0.05, 0.1) is 40.7 Å². The summed E-state index contributed by atoms with van der Waals surface area (Å²) in [6.45, 7) is 7.54. The molecule has 3 heterocycles. The maximum atomic E-state index is 12.8. The zero-order chi connectivity index (χ0) is 21.7. The van der Waals surface area contributed by atoms with Crippen molar-refractivity contribution in [1.29, 1.82) is 0 Å². The molecule has 0 aliphatic carbocycles. The van der Waals surface area contributed by atoms with E-state index in [-0.39, 0.29) is 5.91 Å². The molecule has 0 radical (unpaired) electrons. The lowest BCUT2D eigenvalue weighted by Gasteiger charge is -2.11. The van der Waals surface area contributed by atoms with E-state index in [4.69, 9.17) is 0 Å². The van der Waals surface area contributed by atoms with Gasteiger partial charge in [-0.15, -0.1) is 0 Å². The zero-order valence-electron chi connectivity index (χ0n) is 17.0. The molecule has 0 aromatic carbocycles. The van der Waals surface area contributed by atoms with Crippen molar-refractivity contribution in [2.45, 2.75) is 13.8 Å². The highest BCUT2D eigenvalue weighted by molar-refractivity contribution is 6.05. The monoisotopic (exact) mass is 402 g/mol. The Morgan fingerprint density at radius 1 is 1.17 bits per heavy atom. The van der Waals surface area contributed by atoms with Crippen LogP contribution in [0, 0.1) is 6.92 Å². The molecular formula is C22H22N6O2. The number of carbonyl (C=O) groups is 2. The minimum absolute atomic E-state index is 0.333. The summed E-state index contributed by atoms with van der Waals surface area (Å²) in [4.78, 5) is 32.0. The van der Waals surface area contributed by atoms with Gasteiger partial charge >= 0.3 is 0 Å². The van der Waals surface area contributed by atoms with E-state index in [0.717, 1.165) is 16.7 Å². The van der Waals surface area contributed by atoms with Gasteiger partial charge in [0.2, 0.25) is 6.41 Å². The van der Waals surface area contributed by atoms with Crippen molar-refractivity contribution < 1.29 is 9.59 Å². The second kappa shape index (κ2) is 8.95. The molecule has 0 aliphatic heterocycles. The molecular weight excluding hydrogens is 380 g/mol. The maximum Gasteiger partial charge on any atom is 0.257 e. The van der Waals surface area contributed by atoms with Crippen molar-refractivity contribution >= 4 is 41.4 Å². The van der Waals surface area contributed by atoms with Crippen LogP contribution < -0.4 is 10.6 Å². The summed E-state index contributed by atoms with van der Waals surface area (Å²) in [5.41, 5.74) is 5.41. The van der Waals surface area contributed by atoms with Crippen LogP contribution >= 0.6 is 0 Å². The highest BCUT2D eigenvalue weighted by atomic mass is 16.1. The van der Waals surface area contributed by atoms with Crippen molar-refractivity contribution in [3.05, 3.63) is 71.6 Å². The summed E-state index contributed by atoms with van der Waals surface area (Å²) < 4.78 is 1.73. The number of carbonyl (C=O) groups excluding carboxylic acids is 2. The summed E-state index contributed by atoms with van der Waals surface area (Å²) >= 11 is 0. The van der Waals surface area contributed by atoms with E-state index >= 15 is 0 Å². The summed E-state index contributed by atoms with van der Waals surface area (Å²) in [5, 5.41) is 9.53. The molecule has 0 atom stereocenters. The Bertz CT molecular complexity index is 1150. The van der Waals surface area contributed by atoms with Gasteiger partial charge in [0.15, 0.2) is 0 Å². The molecule has 8 heteroatoms. The first-order valence-electron chi connectivity index (χ1n) is 9.19. The molecule has 152 valence electrons. The number of hydrogen-bond donors (Lipinski definition) is 2. The van der Waals surface area contributed by atoms with E-state index in [1.807, 2.05) is 26.2 Å². The van der Waals surface area contributed by atoms with E-state index in [2.05, 4.69) is 32.3 Å². The van der Waals surface area contributed by atoms with Crippen molar-refractivity contribution in [1.82, 2.24) is 19.7 Å². The van der Waals surface area contributed by atoms with Gasteiger partial charge in [-0.2, -0.15) is 5.10 Å². The average Bonchev–Trinajstić information content (AvgIpc) is 3.17. The van der Waals surface area contributed by atoms with Crippen LogP contribution in [0.5, 0.6) is 0 Å². The SMILES string of the molecule is C=Cc1ncc(C(=O)Nc2cc(NC=O)cnc2C)cc1/C=C(\C)c1cnn(C)c1. The first kappa shape index (κ1) is 20.7. The first-order valence-corrected chi connectivity index (χ1v) is 9.19. The topological polar surface area (TPSA) is 102 Å². The molecule has 0 spiro atoms. The summed E-state index contributed by atoms with van der Waals surface area (Å²) in [7, 11) is 1.86. The number of nitrogens with one attached hydrogen (secondary N) is 2. The number of rotatable bonds is 7. The summed E-state index contributed by atoms with van der Waals surface area (Å²) in [6, 6.07) is 3.41. The predicted molar refractivity (Wildman–Crippen MR) is 118 cm³/mol. The predicted octanol–water partition coefficient (Wildman–Crippen LogP) is 3.54. The maximum absolute atomic E-state index is 12.8. The lowest BCUT2D eigenvalue weighted by Crippen LogP contribution is -2.14. The smallest absolute Gasteiger partial charge is 0.257 e. The number of amides is 2. The normalized spacial score (nSPS) is 11.1. The van der Waals surface area contributed by atoms with Crippen molar-refractivity contribution in [2.75, 3.05) is 10.6 Å². The van der Waals surface area contributed by atoms with Crippen molar-refractivity contribution in [2.24, 2.45) is 7.05 Å². The lowest BCUT2D eigenvalue weighted by molar-refractivity contribution is -0.105. The third kappa shape index (κ3) is 4.67. The highest BCUT2D eigenvalue weighted by Crippen LogP contribution is 2.22. The van der Waals surface area contributed by atoms with Crippen LogP contribution in [-0.2, 0) is 11.8 Å². The molecule has 3 rings (SSSR count). The van der Waals surface area contributed by atoms with E-state index in [0.29, 0.717) is 34.7 Å². The molecule has 0 saturated heterocycles. The molecule has 0 saturated carbocycles. The molecule has 8 nitrogen and oxygen atoms in total. The van der Waals surface area contributed by atoms with Crippen LogP contribution in [-0.4, -0.2) is 32.1 Å². The van der Waals surface area contributed by atoms with E-state index in [1.165, 1.54) is 12.4 Å². The Labute approximate surface area is 174 Å². The van der Waals surface area contributed by atoms with Gasteiger partial charge < -0.3 is 10.6 Å². The fourth-order valence-electron chi connectivity index (χ4n) is 2.85. The molecule has 3 aromatic heterocycles. The minimum Gasteiger partial charge on any atom is -0.327 e. The molecule has 2 N–H and O–H groups in total. The number of anilines is 2. The van der Waals surface area contributed by atoms with E-state index in [9.17, 15) is 9.59 Å². The molecule has 2 amide bonds. The highest BCUT2D eigenvalue weighted by Gasteiger charge is 2.12. The van der Waals surface area contributed by atoms with Crippen LogP contribution in [0.4, 0.5) is 11.4 Å². The van der Waals surface area contributed by atoms with Crippen LogP contribution in [0.2, 0.25) is 0 Å². The van der Waals surface area contributed by atoms with Gasteiger partial charge in [-0.1, -0.05) is 6.58 Å².